The Morgan fingerprint density at radius 1 is 1.00 bits per heavy atom. The van der Waals surface area contributed by atoms with Crippen LogP contribution in [0, 0.1) is 0 Å². The molecule has 156 valence electrons. The number of rotatable bonds is 3. The fraction of sp³-hybridized carbons (Fsp3) is 0.364. The summed E-state index contributed by atoms with van der Waals surface area (Å²) in [5.74, 6) is 0.952. The molecule has 0 bridgehead atoms. The van der Waals surface area contributed by atoms with E-state index < -0.39 is 0 Å². The largest absolute Gasteiger partial charge is 0.507 e. The zero-order valence-corrected chi connectivity index (χ0v) is 16.8. The quantitative estimate of drug-likeness (QED) is 0.611. The van der Waals surface area contributed by atoms with E-state index in [0.29, 0.717) is 28.4 Å². The lowest BCUT2D eigenvalue weighted by Crippen LogP contribution is -2.27. The van der Waals surface area contributed by atoms with Crippen molar-refractivity contribution in [2.75, 3.05) is 18.0 Å². The maximum Gasteiger partial charge on any atom is 0.264 e. The van der Waals surface area contributed by atoms with Gasteiger partial charge in [-0.25, -0.2) is 5.10 Å². The molecule has 0 amide bonds. The van der Waals surface area contributed by atoms with Gasteiger partial charge >= 0.3 is 0 Å². The minimum atomic E-state index is -0.288. The number of hydrogen-bond donors (Lipinski definition) is 3. The first-order valence-corrected chi connectivity index (χ1v) is 10.3. The second-order valence-electron chi connectivity index (χ2n) is 7.73. The molecule has 1 aliphatic carbocycles. The maximum atomic E-state index is 11.4. The summed E-state index contributed by atoms with van der Waals surface area (Å²) < 4.78 is 0. The van der Waals surface area contributed by atoms with Crippen LogP contribution in [-0.2, 0) is 0 Å². The summed E-state index contributed by atoms with van der Waals surface area (Å²) in [5, 5.41) is 25.0. The third kappa shape index (κ3) is 4.65. The van der Waals surface area contributed by atoms with Crippen molar-refractivity contribution in [3.63, 3.8) is 0 Å². The molecule has 4 N–H and O–H groups in total. The van der Waals surface area contributed by atoms with Crippen LogP contribution >= 0.6 is 0 Å². The first kappa shape index (κ1) is 20.0. The molecule has 3 heterocycles. The average molecular weight is 406 g/mol. The van der Waals surface area contributed by atoms with Crippen molar-refractivity contribution in [1.82, 2.24) is 20.4 Å². The maximum absolute atomic E-state index is 11.4. The van der Waals surface area contributed by atoms with Gasteiger partial charge in [0.2, 0.25) is 0 Å². The fourth-order valence-corrected chi connectivity index (χ4v) is 3.49. The lowest BCUT2D eigenvalue weighted by Gasteiger charge is -2.18. The van der Waals surface area contributed by atoms with Gasteiger partial charge in [-0.1, -0.05) is 12.5 Å². The normalized spacial score (nSPS) is 16.0. The van der Waals surface area contributed by atoms with E-state index in [1.54, 1.807) is 18.3 Å². The van der Waals surface area contributed by atoms with Gasteiger partial charge in [0.05, 0.1) is 11.9 Å². The van der Waals surface area contributed by atoms with Gasteiger partial charge in [0.25, 0.3) is 5.56 Å². The number of phenols is 1. The Labute approximate surface area is 174 Å². The molecule has 8 nitrogen and oxygen atoms in total. The molecule has 1 aliphatic heterocycles. The second-order valence-corrected chi connectivity index (χ2v) is 7.73. The van der Waals surface area contributed by atoms with Gasteiger partial charge in [0.1, 0.15) is 5.75 Å². The zero-order chi connectivity index (χ0) is 20.9. The number of aromatic nitrogens is 4. The van der Waals surface area contributed by atoms with Crippen LogP contribution in [0.4, 0.5) is 5.82 Å². The number of benzene rings is 1. The zero-order valence-electron chi connectivity index (χ0n) is 16.8. The minimum absolute atomic E-state index is 0.0843. The molecule has 2 fully saturated rings. The summed E-state index contributed by atoms with van der Waals surface area (Å²) in [6, 6.07) is 11.0. The van der Waals surface area contributed by atoms with Crippen LogP contribution in [0.5, 0.6) is 5.75 Å². The van der Waals surface area contributed by atoms with E-state index in [1.165, 1.54) is 38.2 Å². The van der Waals surface area contributed by atoms with Gasteiger partial charge in [0, 0.05) is 36.3 Å². The Kier molecular flexibility index (Phi) is 6.04. The summed E-state index contributed by atoms with van der Waals surface area (Å²) in [7, 11) is 0. The van der Waals surface area contributed by atoms with Gasteiger partial charge in [-0.3, -0.25) is 4.79 Å². The molecular weight excluding hydrogens is 380 g/mol. The van der Waals surface area contributed by atoms with E-state index in [0.717, 1.165) is 18.9 Å². The third-order valence-electron chi connectivity index (χ3n) is 5.50. The van der Waals surface area contributed by atoms with Crippen molar-refractivity contribution in [3.8, 4) is 28.1 Å². The van der Waals surface area contributed by atoms with Crippen molar-refractivity contribution < 1.29 is 5.11 Å². The molecular formula is C22H26N6O2. The van der Waals surface area contributed by atoms with Crippen molar-refractivity contribution in [2.24, 2.45) is 5.73 Å². The lowest BCUT2D eigenvalue weighted by atomic mass is 9.95. The summed E-state index contributed by atoms with van der Waals surface area (Å²) in [6.07, 6.45) is 7.80. The van der Waals surface area contributed by atoms with Crippen molar-refractivity contribution in [2.45, 2.75) is 38.1 Å². The first-order valence-electron chi connectivity index (χ1n) is 10.3. The summed E-state index contributed by atoms with van der Waals surface area (Å²) in [4.78, 5) is 13.6. The van der Waals surface area contributed by atoms with Crippen molar-refractivity contribution in [1.29, 1.82) is 0 Å². The Morgan fingerprint density at radius 3 is 2.33 bits per heavy atom. The van der Waals surface area contributed by atoms with E-state index in [4.69, 9.17) is 5.73 Å². The van der Waals surface area contributed by atoms with Crippen molar-refractivity contribution >= 4 is 5.82 Å². The number of H-pyrrole nitrogens is 1. The molecule has 5 rings (SSSR count). The standard InChI is InChI=1S/C18H17N5O2.C4H9N/c24-16-9-12(13-10-18(25)22-19-11-13)3-4-14(16)15-5-6-17(21-20-15)23-7-1-2-8-23;5-4-2-1-3-4/h3-6,9-11,24H,1-2,7-8H2,(H,22,25);4H,1-3,5H2. The average Bonchev–Trinajstić information content (AvgIpc) is 3.28. The lowest BCUT2D eigenvalue weighted by molar-refractivity contribution is 0.418. The highest BCUT2D eigenvalue weighted by molar-refractivity contribution is 5.74. The molecule has 1 saturated carbocycles. The first-order chi connectivity index (χ1) is 14.6. The van der Waals surface area contributed by atoms with Crippen LogP contribution in [0.25, 0.3) is 22.4 Å². The molecule has 3 aromatic rings. The minimum Gasteiger partial charge on any atom is -0.507 e. The molecule has 1 saturated heterocycles. The van der Waals surface area contributed by atoms with Crippen molar-refractivity contribution in [3.05, 3.63) is 52.9 Å². The van der Waals surface area contributed by atoms with Crippen LogP contribution in [-0.4, -0.2) is 44.6 Å². The van der Waals surface area contributed by atoms with Crippen LogP contribution in [0.2, 0.25) is 0 Å². The predicted molar refractivity (Wildman–Crippen MR) is 116 cm³/mol. The molecule has 2 aromatic heterocycles. The van der Waals surface area contributed by atoms with Gasteiger partial charge in [-0.05, 0) is 55.5 Å². The number of phenolic OH excluding ortho intramolecular Hbond substituents is 1. The smallest absolute Gasteiger partial charge is 0.264 e. The van der Waals surface area contributed by atoms with Crippen LogP contribution < -0.4 is 16.2 Å². The molecule has 1 aromatic carbocycles. The van der Waals surface area contributed by atoms with Crippen LogP contribution in [0.3, 0.4) is 0 Å². The molecule has 2 aliphatic rings. The summed E-state index contributed by atoms with van der Waals surface area (Å²) in [6.45, 7) is 2.02. The second kappa shape index (κ2) is 9.04. The van der Waals surface area contributed by atoms with E-state index in [2.05, 4.69) is 25.3 Å². The summed E-state index contributed by atoms with van der Waals surface area (Å²) in [5.41, 5.74) is 7.65. The molecule has 0 radical (unpaired) electrons. The molecule has 30 heavy (non-hydrogen) atoms. The van der Waals surface area contributed by atoms with Crippen LogP contribution in [0.1, 0.15) is 32.1 Å². The Hall–Kier alpha value is -3.26. The fourth-order valence-electron chi connectivity index (χ4n) is 3.49. The Bertz CT molecular complexity index is 1040. The highest BCUT2D eigenvalue weighted by Crippen LogP contribution is 2.32. The van der Waals surface area contributed by atoms with Gasteiger partial charge in [-0.15, -0.1) is 10.2 Å². The monoisotopic (exact) mass is 406 g/mol. The van der Waals surface area contributed by atoms with E-state index in [1.807, 2.05) is 18.2 Å². The topological polar surface area (TPSA) is 121 Å². The molecule has 0 atom stereocenters. The van der Waals surface area contributed by atoms with E-state index in [-0.39, 0.29) is 11.3 Å². The number of nitrogens with zero attached hydrogens (tertiary/aromatic N) is 4. The molecule has 0 unspecified atom stereocenters. The number of nitrogens with one attached hydrogen (secondary N) is 1. The summed E-state index contributed by atoms with van der Waals surface area (Å²) >= 11 is 0. The number of hydrogen-bond acceptors (Lipinski definition) is 7. The van der Waals surface area contributed by atoms with Gasteiger partial charge < -0.3 is 15.7 Å². The van der Waals surface area contributed by atoms with E-state index >= 15 is 0 Å². The highest BCUT2D eigenvalue weighted by atomic mass is 16.3. The predicted octanol–water partition coefficient (Wildman–Crippen LogP) is 2.70. The molecule has 8 heteroatoms. The Morgan fingerprint density at radius 2 is 1.77 bits per heavy atom. The molecule has 0 spiro atoms. The highest BCUT2D eigenvalue weighted by Gasteiger charge is 2.15. The number of aromatic amines is 1. The van der Waals surface area contributed by atoms with E-state index in [9.17, 15) is 9.90 Å². The van der Waals surface area contributed by atoms with Gasteiger partial charge in [0.15, 0.2) is 5.82 Å². The number of nitrogens with two attached hydrogens (primary N) is 1. The third-order valence-corrected chi connectivity index (χ3v) is 5.50. The number of aromatic hydroxyl groups is 1. The van der Waals surface area contributed by atoms with Crippen LogP contribution in [0.15, 0.2) is 47.4 Å². The SMILES string of the molecule is NC1CCC1.O=c1cc(-c2ccc(-c3ccc(N4CCCC4)nn3)c(O)c2)cn[nH]1. The Balaban J connectivity index is 0.000000383. The van der Waals surface area contributed by atoms with Gasteiger partial charge in [-0.2, -0.15) is 5.10 Å². The number of anilines is 1.